The van der Waals surface area contributed by atoms with Gasteiger partial charge < -0.3 is 10.1 Å². The topological polar surface area (TPSA) is 81.7 Å². The SMILES string of the molecule is Cc1ccc(S(=O)(=O)OC[C@H](NC(=O)OCc2ccccc2)c2ccccc2)cc1. The highest BCUT2D eigenvalue weighted by molar-refractivity contribution is 7.86. The van der Waals surface area contributed by atoms with Gasteiger partial charge in [0.15, 0.2) is 0 Å². The predicted octanol–water partition coefficient (Wildman–Crippen LogP) is 4.37. The summed E-state index contributed by atoms with van der Waals surface area (Å²) in [7, 11) is -3.96. The summed E-state index contributed by atoms with van der Waals surface area (Å²) in [6.07, 6.45) is -0.663. The summed E-state index contributed by atoms with van der Waals surface area (Å²) in [6.45, 7) is 1.71. The second-order valence-electron chi connectivity index (χ2n) is 6.72. The van der Waals surface area contributed by atoms with Crippen LogP contribution in [0, 0.1) is 6.92 Å². The van der Waals surface area contributed by atoms with Gasteiger partial charge in [-0.15, -0.1) is 0 Å². The molecule has 0 bridgehead atoms. The summed E-state index contributed by atoms with van der Waals surface area (Å²) >= 11 is 0. The van der Waals surface area contributed by atoms with Crippen LogP contribution in [0.3, 0.4) is 0 Å². The lowest BCUT2D eigenvalue weighted by Gasteiger charge is -2.19. The largest absolute Gasteiger partial charge is 0.445 e. The van der Waals surface area contributed by atoms with Gasteiger partial charge in [-0.1, -0.05) is 78.4 Å². The summed E-state index contributed by atoms with van der Waals surface area (Å²) in [5, 5.41) is 2.69. The van der Waals surface area contributed by atoms with E-state index in [0.29, 0.717) is 5.56 Å². The molecule has 3 aromatic carbocycles. The van der Waals surface area contributed by atoms with E-state index in [2.05, 4.69) is 5.32 Å². The maximum absolute atomic E-state index is 12.5. The molecule has 0 unspecified atom stereocenters. The third-order valence-corrected chi connectivity index (χ3v) is 5.70. The highest BCUT2D eigenvalue weighted by Crippen LogP contribution is 2.18. The van der Waals surface area contributed by atoms with E-state index in [0.717, 1.165) is 11.1 Å². The summed E-state index contributed by atoms with van der Waals surface area (Å²) in [6, 6.07) is 23.9. The Morgan fingerprint density at radius 1 is 0.900 bits per heavy atom. The third kappa shape index (κ3) is 6.17. The van der Waals surface area contributed by atoms with Crippen LogP contribution >= 0.6 is 0 Å². The van der Waals surface area contributed by atoms with Crippen molar-refractivity contribution in [2.45, 2.75) is 24.5 Å². The van der Waals surface area contributed by atoms with Crippen LogP contribution < -0.4 is 5.32 Å². The fourth-order valence-electron chi connectivity index (χ4n) is 2.74. The molecule has 0 aliphatic carbocycles. The molecule has 6 nitrogen and oxygen atoms in total. The number of carbonyl (C=O) groups excluding carboxylic acids is 1. The molecule has 0 radical (unpaired) electrons. The average molecular weight is 426 g/mol. The van der Waals surface area contributed by atoms with Gasteiger partial charge in [-0.3, -0.25) is 4.18 Å². The van der Waals surface area contributed by atoms with Crippen molar-refractivity contribution >= 4 is 16.2 Å². The molecule has 30 heavy (non-hydrogen) atoms. The maximum Gasteiger partial charge on any atom is 0.408 e. The Bertz CT molecular complexity index is 1050. The molecule has 1 atom stereocenters. The zero-order chi connectivity index (χ0) is 21.4. The van der Waals surface area contributed by atoms with E-state index in [1.54, 1.807) is 36.4 Å². The van der Waals surface area contributed by atoms with Crippen molar-refractivity contribution in [1.82, 2.24) is 5.32 Å². The van der Waals surface area contributed by atoms with E-state index in [1.807, 2.05) is 43.3 Å². The quantitative estimate of drug-likeness (QED) is 0.542. The van der Waals surface area contributed by atoms with Crippen LogP contribution in [0.2, 0.25) is 0 Å². The highest BCUT2D eigenvalue weighted by Gasteiger charge is 2.21. The van der Waals surface area contributed by atoms with Crippen molar-refractivity contribution in [3.63, 3.8) is 0 Å². The lowest BCUT2D eigenvalue weighted by atomic mass is 10.1. The first-order valence-electron chi connectivity index (χ1n) is 9.42. The molecule has 1 amide bonds. The number of hydrogen-bond acceptors (Lipinski definition) is 5. The monoisotopic (exact) mass is 425 g/mol. The molecule has 0 heterocycles. The molecular formula is C23H23NO5S. The Morgan fingerprint density at radius 3 is 2.13 bits per heavy atom. The molecular weight excluding hydrogens is 402 g/mol. The van der Waals surface area contributed by atoms with Crippen molar-refractivity contribution in [3.05, 3.63) is 102 Å². The average Bonchev–Trinajstić information content (AvgIpc) is 2.77. The Labute approximate surface area is 176 Å². The van der Waals surface area contributed by atoms with Crippen LogP contribution in [-0.4, -0.2) is 21.1 Å². The summed E-state index contributed by atoms with van der Waals surface area (Å²) in [5.74, 6) is 0. The molecule has 1 N–H and O–H groups in total. The molecule has 0 aliphatic heterocycles. The van der Waals surface area contributed by atoms with Crippen molar-refractivity contribution in [1.29, 1.82) is 0 Å². The minimum absolute atomic E-state index is 0.0616. The molecule has 0 spiro atoms. The second-order valence-corrected chi connectivity index (χ2v) is 8.34. The van der Waals surface area contributed by atoms with Gasteiger partial charge in [-0.2, -0.15) is 8.42 Å². The Morgan fingerprint density at radius 2 is 1.50 bits per heavy atom. The first-order chi connectivity index (χ1) is 14.4. The molecule has 3 rings (SSSR count). The van der Waals surface area contributed by atoms with Crippen LogP contribution in [0.1, 0.15) is 22.7 Å². The first-order valence-corrected chi connectivity index (χ1v) is 10.8. The van der Waals surface area contributed by atoms with Gasteiger partial charge in [-0.05, 0) is 30.2 Å². The van der Waals surface area contributed by atoms with Crippen LogP contribution in [0.15, 0.2) is 89.8 Å². The fourth-order valence-corrected chi connectivity index (χ4v) is 3.66. The van der Waals surface area contributed by atoms with Crippen molar-refractivity contribution in [2.24, 2.45) is 0 Å². The summed E-state index contributed by atoms with van der Waals surface area (Å²) < 4.78 is 35.5. The zero-order valence-electron chi connectivity index (χ0n) is 16.5. The van der Waals surface area contributed by atoms with Crippen LogP contribution in [0.5, 0.6) is 0 Å². The molecule has 7 heteroatoms. The molecule has 0 fully saturated rings. The number of hydrogen-bond donors (Lipinski definition) is 1. The van der Waals surface area contributed by atoms with Crippen molar-refractivity contribution in [2.75, 3.05) is 6.61 Å². The van der Waals surface area contributed by atoms with Gasteiger partial charge >= 0.3 is 6.09 Å². The molecule has 0 aliphatic rings. The lowest BCUT2D eigenvalue weighted by molar-refractivity contribution is 0.131. The predicted molar refractivity (Wildman–Crippen MR) is 113 cm³/mol. The fraction of sp³-hybridized carbons (Fsp3) is 0.174. The number of ether oxygens (including phenoxy) is 1. The highest BCUT2D eigenvalue weighted by atomic mass is 32.2. The second kappa shape index (κ2) is 10.0. The number of alkyl carbamates (subject to hydrolysis) is 1. The van der Waals surface area contributed by atoms with Crippen molar-refractivity contribution in [3.8, 4) is 0 Å². The normalized spacial score (nSPS) is 12.2. The lowest BCUT2D eigenvalue weighted by Crippen LogP contribution is -2.32. The van der Waals surface area contributed by atoms with Gasteiger partial charge in [0, 0.05) is 0 Å². The van der Waals surface area contributed by atoms with E-state index in [9.17, 15) is 13.2 Å². The van der Waals surface area contributed by atoms with Crippen LogP contribution in [-0.2, 0) is 25.6 Å². The van der Waals surface area contributed by atoms with Crippen LogP contribution in [0.25, 0.3) is 0 Å². The standard InChI is InChI=1S/C23H23NO5S/c1-18-12-14-21(15-13-18)30(26,27)29-17-22(20-10-6-3-7-11-20)24-23(25)28-16-19-8-4-2-5-9-19/h2-15,22H,16-17H2,1H3,(H,24,25)/t22-/m0/s1. The minimum Gasteiger partial charge on any atom is -0.445 e. The van der Waals surface area contributed by atoms with Crippen molar-refractivity contribution < 1.29 is 22.1 Å². The maximum atomic E-state index is 12.5. The molecule has 156 valence electrons. The van der Waals surface area contributed by atoms with Gasteiger partial charge in [0.05, 0.1) is 17.5 Å². The van der Waals surface area contributed by atoms with Gasteiger partial charge in [-0.25, -0.2) is 4.79 Å². The Kier molecular flexibility index (Phi) is 7.21. The summed E-state index contributed by atoms with van der Waals surface area (Å²) in [5.41, 5.74) is 2.49. The van der Waals surface area contributed by atoms with Gasteiger partial charge in [0.25, 0.3) is 10.1 Å². The number of rotatable bonds is 8. The smallest absolute Gasteiger partial charge is 0.408 e. The third-order valence-electron chi connectivity index (χ3n) is 4.41. The molecule has 0 saturated carbocycles. The van der Waals surface area contributed by atoms with Gasteiger partial charge in [0.2, 0.25) is 0 Å². The molecule has 0 saturated heterocycles. The Hall–Kier alpha value is -3.16. The van der Waals surface area contributed by atoms with E-state index in [1.165, 1.54) is 12.1 Å². The number of benzene rings is 3. The first kappa shape index (κ1) is 21.5. The number of carbonyl (C=O) groups is 1. The minimum atomic E-state index is -3.96. The Balaban J connectivity index is 1.67. The van der Waals surface area contributed by atoms with Crippen LogP contribution in [0.4, 0.5) is 4.79 Å². The summed E-state index contributed by atoms with van der Waals surface area (Å²) in [4.78, 5) is 12.4. The van der Waals surface area contributed by atoms with E-state index < -0.39 is 22.3 Å². The number of amides is 1. The zero-order valence-corrected chi connectivity index (χ0v) is 17.3. The molecule has 3 aromatic rings. The van der Waals surface area contributed by atoms with E-state index >= 15 is 0 Å². The molecule has 0 aromatic heterocycles. The van der Waals surface area contributed by atoms with E-state index in [4.69, 9.17) is 8.92 Å². The van der Waals surface area contributed by atoms with Gasteiger partial charge in [0.1, 0.15) is 6.61 Å². The van der Waals surface area contributed by atoms with E-state index in [-0.39, 0.29) is 18.1 Å². The number of aryl methyl sites for hydroxylation is 1. The number of nitrogens with one attached hydrogen (secondary N) is 1.